The number of guanidine groups is 1. The highest BCUT2D eigenvalue weighted by Gasteiger charge is 2.27. The lowest BCUT2D eigenvalue weighted by Crippen LogP contribution is -2.47. The van der Waals surface area contributed by atoms with Crippen LogP contribution in [-0.4, -0.2) is 59.9 Å². The highest BCUT2D eigenvalue weighted by Crippen LogP contribution is 2.18. The number of ether oxygens (including phenoxy) is 1. The van der Waals surface area contributed by atoms with Gasteiger partial charge in [0.2, 0.25) is 0 Å². The van der Waals surface area contributed by atoms with E-state index in [0.29, 0.717) is 6.61 Å². The number of aromatic nitrogens is 2. The Labute approximate surface area is 189 Å². The van der Waals surface area contributed by atoms with E-state index in [0.717, 1.165) is 50.5 Å². The molecule has 0 unspecified atom stereocenters. The molecule has 3 rings (SSSR count). The average Bonchev–Trinajstić information content (AvgIpc) is 3.21. The van der Waals surface area contributed by atoms with Gasteiger partial charge >= 0.3 is 5.97 Å². The third-order valence-electron chi connectivity index (χ3n) is 4.98. The number of hydrogen-bond donors (Lipinski definition) is 1. The highest BCUT2D eigenvalue weighted by atomic mass is 127. The summed E-state index contributed by atoms with van der Waals surface area (Å²) in [6.07, 6.45) is 6.45. The molecule has 2 aromatic rings. The maximum absolute atomic E-state index is 11.9. The number of piperidine rings is 1. The summed E-state index contributed by atoms with van der Waals surface area (Å²) in [6, 6.07) is 10.1. The number of hydrogen-bond acceptors (Lipinski definition) is 4. The Balaban J connectivity index is 0.00000300. The normalized spacial score (nSPS) is 15.0. The number of esters is 1. The summed E-state index contributed by atoms with van der Waals surface area (Å²) in [7, 11) is 1.80. The molecule has 2 heterocycles. The topological polar surface area (TPSA) is 71.8 Å². The van der Waals surface area contributed by atoms with Crippen LogP contribution in [0, 0.1) is 5.92 Å². The van der Waals surface area contributed by atoms with Crippen molar-refractivity contribution in [1.29, 1.82) is 0 Å². The van der Waals surface area contributed by atoms with Gasteiger partial charge in [-0.05, 0) is 43.9 Å². The Morgan fingerprint density at radius 2 is 2.00 bits per heavy atom. The van der Waals surface area contributed by atoms with E-state index in [9.17, 15) is 4.79 Å². The quantitative estimate of drug-likeness (QED) is 0.280. The number of nitrogens with one attached hydrogen (secondary N) is 1. The van der Waals surface area contributed by atoms with Crippen molar-refractivity contribution in [1.82, 2.24) is 20.0 Å². The second-order valence-corrected chi connectivity index (χ2v) is 6.87. The minimum atomic E-state index is -0.0690. The molecular weight excluding hydrogens is 481 g/mol. The fourth-order valence-electron chi connectivity index (χ4n) is 3.45. The van der Waals surface area contributed by atoms with Gasteiger partial charge in [0.15, 0.2) is 5.96 Å². The summed E-state index contributed by atoms with van der Waals surface area (Å²) in [5, 5.41) is 7.87. The second-order valence-electron chi connectivity index (χ2n) is 6.87. The number of likely N-dealkylation sites (tertiary alicyclic amines) is 1. The molecule has 1 aromatic heterocycles. The first-order valence-corrected chi connectivity index (χ1v) is 9.92. The maximum Gasteiger partial charge on any atom is 0.309 e. The lowest BCUT2D eigenvalue weighted by Gasteiger charge is -2.33. The summed E-state index contributed by atoms with van der Waals surface area (Å²) in [6.45, 7) is 4.71. The molecule has 0 atom stereocenters. The number of aliphatic imine (C=N–C) groups is 1. The molecule has 1 aliphatic heterocycles. The van der Waals surface area contributed by atoms with E-state index in [4.69, 9.17) is 4.74 Å². The van der Waals surface area contributed by atoms with E-state index in [2.05, 4.69) is 26.5 Å². The molecule has 0 radical (unpaired) electrons. The monoisotopic (exact) mass is 511 g/mol. The van der Waals surface area contributed by atoms with Crippen molar-refractivity contribution in [2.45, 2.75) is 26.2 Å². The zero-order chi connectivity index (χ0) is 19.8. The minimum absolute atomic E-state index is 0. The summed E-state index contributed by atoms with van der Waals surface area (Å²) < 4.78 is 7.03. The van der Waals surface area contributed by atoms with Crippen molar-refractivity contribution in [2.24, 2.45) is 10.9 Å². The van der Waals surface area contributed by atoms with Crippen molar-refractivity contribution >= 4 is 35.9 Å². The van der Waals surface area contributed by atoms with Crippen LogP contribution in [0.15, 0.2) is 47.7 Å². The van der Waals surface area contributed by atoms with Crippen LogP contribution in [0.1, 0.15) is 25.3 Å². The lowest BCUT2D eigenvalue weighted by atomic mass is 9.97. The van der Waals surface area contributed by atoms with E-state index in [-0.39, 0.29) is 35.9 Å². The van der Waals surface area contributed by atoms with Crippen LogP contribution < -0.4 is 5.32 Å². The zero-order valence-electron chi connectivity index (χ0n) is 17.1. The molecule has 0 amide bonds. The fraction of sp³-hybridized carbons (Fsp3) is 0.476. The Bertz CT molecular complexity index is 785. The summed E-state index contributed by atoms with van der Waals surface area (Å²) in [4.78, 5) is 18.5. The van der Waals surface area contributed by atoms with Crippen LogP contribution in [0.2, 0.25) is 0 Å². The Morgan fingerprint density at radius 1 is 1.28 bits per heavy atom. The van der Waals surface area contributed by atoms with E-state index in [1.807, 2.05) is 48.1 Å². The van der Waals surface area contributed by atoms with Gasteiger partial charge in [-0.1, -0.05) is 18.2 Å². The van der Waals surface area contributed by atoms with Crippen molar-refractivity contribution in [3.8, 4) is 5.69 Å². The minimum Gasteiger partial charge on any atom is -0.466 e. The molecule has 0 spiro atoms. The molecular formula is C21H30IN5O2. The number of carbonyl (C=O) groups is 1. The van der Waals surface area contributed by atoms with Crippen LogP contribution in [0.3, 0.4) is 0 Å². The molecule has 1 aromatic carbocycles. The molecule has 29 heavy (non-hydrogen) atoms. The molecule has 1 N–H and O–H groups in total. The number of halogens is 1. The van der Waals surface area contributed by atoms with Gasteiger partial charge in [0.25, 0.3) is 0 Å². The third kappa shape index (κ3) is 6.45. The number of benzene rings is 1. The van der Waals surface area contributed by atoms with Crippen molar-refractivity contribution in [3.05, 3.63) is 48.3 Å². The Kier molecular flexibility index (Phi) is 9.43. The Morgan fingerprint density at radius 3 is 2.66 bits per heavy atom. The predicted octanol–water partition coefficient (Wildman–Crippen LogP) is 2.88. The van der Waals surface area contributed by atoms with E-state index in [1.165, 1.54) is 5.56 Å². The van der Waals surface area contributed by atoms with E-state index >= 15 is 0 Å². The molecule has 0 saturated carbocycles. The number of para-hydroxylation sites is 1. The SMILES string of the molecule is CCOC(=O)C1CCN(C(=NC)NCCc2cnn(-c3ccccc3)c2)CC1.I. The van der Waals surface area contributed by atoms with Crippen LogP contribution in [0.25, 0.3) is 5.69 Å². The summed E-state index contributed by atoms with van der Waals surface area (Å²) in [5.74, 6) is 0.830. The van der Waals surface area contributed by atoms with Crippen LogP contribution in [-0.2, 0) is 16.0 Å². The summed E-state index contributed by atoms with van der Waals surface area (Å²) in [5.41, 5.74) is 2.23. The van der Waals surface area contributed by atoms with Gasteiger partial charge in [0.05, 0.1) is 24.4 Å². The van der Waals surface area contributed by atoms with Gasteiger partial charge in [-0.2, -0.15) is 5.10 Å². The first-order chi connectivity index (χ1) is 13.7. The van der Waals surface area contributed by atoms with Crippen molar-refractivity contribution in [2.75, 3.05) is 33.3 Å². The first kappa shape index (κ1) is 23.2. The molecule has 1 fully saturated rings. The largest absolute Gasteiger partial charge is 0.466 e. The first-order valence-electron chi connectivity index (χ1n) is 9.92. The third-order valence-corrected chi connectivity index (χ3v) is 4.98. The number of rotatable bonds is 6. The highest BCUT2D eigenvalue weighted by molar-refractivity contribution is 14.0. The van der Waals surface area contributed by atoms with Gasteiger partial charge in [0, 0.05) is 32.9 Å². The summed E-state index contributed by atoms with van der Waals surface area (Å²) >= 11 is 0. The van der Waals surface area contributed by atoms with E-state index < -0.39 is 0 Å². The number of carbonyl (C=O) groups excluding carboxylic acids is 1. The molecule has 8 heteroatoms. The molecule has 0 bridgehead atoms. The average molecular weight is 511 g/mol. The molecule has 158 valence electrons. The van der Waals surface area contributed by atoms with Gasteiger partial charge < -0.3 is 15.0 Å². The second kappa shape index (κ2) is 11.8. The lowest BCUT2D eigenvalue weighted by molar-refractivity contribution is -0.149. The number of nitrogens with zero attached hydrogens (tertiary/aromatic N) is 4. The van der Waals surface area contributed by atoms with E-state index in [1.54, 1.807) is 7.05 Å². The molecule has 1 aliphatic rings. The molecule has 7 nitrogen and oxygen atoms in total. The van der Waals surface area contributed by atoms with Crippen LogP contribution >= 0.6 is 24.0 Å². The van der Waals surface area contributed by atoms with Crippen LogP contribution in [0.4, 0.5) is 0 Å². The van der Waals surface area contributed by atoms with Gasteiger partial charge in [-0.25, -0.2) is 4.68 Å². The predicted molar refractivity (Wildman–Crippen MR) is 125 cm³/mol. The molecule has 1 saturated heterocycles. The van der Waals surface area contributed by atoms with Crippen molar-refractivity contribution < 1.29 is 9.53 Å². The van der Waals surface area contributed by atoms with Crippen LogP contribution in [0.5, 0.6) is 0 Å². The standard InChI is InChI=1S/C21H29N5O2.HI/c1-3-28-20(27)18-10-13-25(14-11-18)21(22-2)23-12-9-17-15-24-26(16-17)19-7-5-4-6-8-19;/h4-8,15-16,18H,3,9-14H2,1-2H3,(H,22,23);1H. The fourth-order valence-corrected chi connectivity index (χ4v) is 3.45. The van der Waals surface area contributed by atoms with Gasteiger partial charge in [-0.3, -0.25) is 9.79 Å². The smallest absolute Gasteiger partial charge is 0.309 e. The van der Waals surface area contributed by atoms with Crippen molar-refractivity contribution in [3.63, 3.8) is 0 Å². The Hall–Kier alpha value is -2.10. The maximum atomic E-state index is 11.9. The van der Waals surface area contributed by atoms with Gasteiger partial charge in [0.1, 0.15) is 0 Å². The zero-order valence-corrected chi connectivity index (χ0v) is 19.4. The molecule has 0 aliphatic carbocycles. The van der Waals surface area contributed by atoms with Gasteiger partial charge in [-0.15, -0.1) is 24.0 Å².